The monoisotopic (exact) mass is 738 g/mol. The average molecular weight is 739 g/mol. The summed E-state index contributed by atoms with van der Waals surface area (Å²) in [6.07, 6.45) is 0.359. The maximum atomic E-state index is 14.8. The molecule has 1 N–H and O–H groups in total. The molecule has 55 heavy (non-hydrogen) atoms. The molecule has 0 aliphatic carbocycles. The Balaban J connectivity index is 1.08. The molecule has 4 heterocycles. The van der Waals surface area contributed by atoms with Crippen molar-refractivity contribution in [1.29, 1.82) is 0 Å². The quantitative estimate of drug-likeness (QED) is 0.162. The first-order valence-corrected chi connectivity index (χ1v) is 18.1. The van der Waals surface area contributed by atoms with Gasteiger partial charge in [0.05, 0.1) is 51.9 Å². The molecular weight excluding hydrogens is 700 g/mol. The highest BCUT2D eigenvalue weighted by atomic mass is 16.7. The van der Waals surface area contributed by atoms with E-state index in [0.29, 0.717) is 40.2 Å². The van der Waals surface area contributed by atoms with Gasteiger partial charge in [-0.15, -0.1) is 0 Å². The number of benzene rings is 6. The number of hydrogen-bond acceptors (Lipinski definition) is 11. The number of ether oxygens (including phenoxy) is 8. The van der Waals surface area contributed by atoms with Crippen LogP contribution in [0.2, 0.25) is 0 Å². The summed E-state index contributed by atoms with van der Waals surface area (Å²) in [6, 6.07) is 23.6. The Hall–Kier alpha value is -6.49. The molecule has 2 unspecified atom stereocenters. The molecule has 0 spiro atoms. The van der Waals surface area contributed by atoms with Crippen molar-refractivity contribution in [3.8, 4) is 68.2 Å². The fourth-order valence-electron chi connectivity index (χ4n) is 8.95. The van der Waals surface area contributed by atoms with Gasteiger partial charge in [0.2, 0.25) is 13.6 Å². The highest BCUT2D eigenvalue weighted by Crippen LogP contribution is 2.56. The second-order valence-electron chi connectivity index (χ2n) is 14.1. The van der Waals surface area contributed by atoms with Crippen molar-refractivity contribution >= 4 is 38.7 Å². The van der Waals surface area contributed by atoms with E-state index in [1.54, 1.807) is 28.4 Å². The van der Waals surface area contributed by atoms with Crippen LogP contribution in [-0.2, 0) is 4.79 Å². The normalized spacial score (nSPS) is 16.9. The van der Waals surface area contributed by atoms with Gasteiger partial charge in [0, 0.05) is 52.9 Å². The lowest BCUT2D eigenvalue weighted by molar-refractivity contribution is -0.119. The van der Waals surface area contributed by atoms with Gasteiger partial charge in [-0.25, -0.2) is 0 Å². The number of carbonyl (C=O) groups excluding carboxylic acids is 1. The van der Waals surface area contributed by atoms with Crippen molar-refractivity contribution in [3.05, 3.63) is 83.9 Å². The molecule has 11 heteroatoms. The van der Waals surface area contributed by atoms with Crippen LogP contribution in [0.1, 0.15) is 36.1 Å². The molecule has 4 aliphatic rings. The number of carbonyl (C=O) groups is 1. The van der Waals surface area contributed by atoms with E-state index in [0.717, 1.165) is 72.0 Å². The fourth-order valence-corrected chi connectivity index (χ4v) is 8.95. The van der Waals surface area contributed by atoms with Crippen molar-refractivity contribution in [3.63, 3.8) is 0 Å². The molecule has 0 fully saturated rings. The van der Waals surface area contributed by atoms with Crippen molar-refractivity contribution in [1.82, 2.24) is 0 Å². The van der Waals surface area contributed by atoms with Gasteiger partial charge < -0.3 is 48.1 Å². The molecule has 6 aromatic rings. The van der Waals surface area contributed by atoms with Gasteiger partial charge in [-0.3, -0.25) is 4.79 Å². The number of fused-ring (bicyclic) bond motifs is 12. The van der Waals surface area contributed by atoms with E-state index in [9.17, 15) is 4.79 Å². The molecule has 0 amide bonds. The Morgan fingerprint density at radius 3 is 1.78 bits per heavy atom. The minimum Gasteiger partial charge on any atom is -0.493 e. The largest absolute Gasteiger partial charge is 0.493 e. The number of hydrogen-bond donors (Lipinski definition) is 1. The number of ketones is 1. The van der Waals surface area contributed by atoms with Gasteiger partial charge in [0.15, 0.2) is 46.0 Å². The average Bonchev–Trinajstić information content (AvgIpc) is 3.88. The minimum absolute atomic E-state index is 0.0450. The number of anilines is 2. The van der Waals surface area contributed by atoms with Crippen molar-refractivity contribution in [2.45, 2.75) is 24.9 Å². The molecule has 4 aliphatic heterocycles. The third-order valence-electron chi connectivity index (χ3n) is 11.4. The molecule has 6 aromatic carbocycles. The van der Waals surface area contributed by atoms with Crippen LogP contribution in [0.3, 0.4) is 0 Å². The lowest BCUT2D eigenvalue weighted by atomic mass is 9.82. The van der Waals surface area contributed by atoms with Gasteiger partial charge >= 0.3 is 0 Å². The molecule has 278 valence electrons. The van der Waals surface area contributed by atoms with Crippen LogP contribution >= 0.6 is 0 Å². The summed E-state index contributed by atoms with van der Waals surface area (Å²) in [6.45, 7) is 0.360. The maximum absolute atomic E-state index is 14.8. The van der Waals surface area contributed by atoms with Crippen LogP contribution in [0, 0.1) is 0 Å². The lowest BCUT2D eigenvalue weighted by Gasteiger charge is -2.39. The predicted molar refractivity (Wildman–Crippen MR) is 209 cm³/mol. The zero-order chi connectivity index (χ0) is 37.5. The molecule has 11 nitrogen and oxygen atoms in total. The van der Waals surface area contributed by atoms with Crippen LogP contribution in [0.15, 0.2) is 72.8 Å². The fraction of sp³-hybridized carbons (Fsp3) is 0.250. The number of Topliss-reactive ketones (excluding diaryl/α,β-unsaturated/α-hetero) is 1. The third-order valence-corrected chi connectivity index (χ3v) is 11.4. The van der Waals surface area contributed by atoms with Crippen LogP contribution < -0.4 is 48.1 Å². The minimum atomic E-state index is -0.440. The SMILES string of the molecule is COc1ccc2c(c1OC)C(CC(=O)CC1c3c(ccc(OC)c3OC)-c3ccc4cc5c(cc4c3N1C)OCO5)Nc1c-2ccc2cc3c(cc12)OCO3. The zero-order valence-corrected chi connectivity index (χ0v) is 31.0. The van der Waals surface area contributed by atoms with E-state index in [-0.39, 0.29) is 38.3 Å². The van der Waals surface area contributed by atoms with Crippen molar-refractivity contribution < 1.29 is 42.7 Å². The molecule has 0 aromatic heterocycles. The topological polar surface area (TPSA) is 106 Å². The van der Waals surface area contributed by atoms with E-state index in [1.807, 2.05) is 49.5 Å². The lowest BCUT2D eigenvalue weighted by Crippen LogP contribution is -2.32. The third kappa shape index (κ3) is 4.91. The summed E-state index contributed by atoms with van der Waals surface area (Å²) < 4.78 is 46.6. The maximum Gasteiger partial charge on any atom is 0.231 e. The van der Waals surface area contributed by atoms with Gasteiger partial charge in [-0.05, 0) is 70.4 Å². The number of methoxy groups -OCH3 is 4. The molecule has 2 atom stereocenters. The molecule has 10 rings (SSSR count). The first-order chi connectivity index (χ1) is 26.9. The number of nitrogens with one attached hydrogen (secondary N) is 1. The molecule has 0 saturated heterocycles. The van der Waals surface area contributed by atoms with Gasteiger partial charge in [0.25, 0.3) is 0 Å². The highest BCUT2D eigenvalue weighted by molar-refractivity contribution is 6.07. The second-order valence-corrected chi connectivity index (χ2v) is 14.1. The Labute approximate surface area is 317 Å². The smallest absolute Gasteiger partial charge is 0.231 e. The standard InChI is InChI=1S/C44H38N2O9/c1-46-32(40-26(11-13-34(49-3)44(40)51-5)28-9-7-23-15-36-38(55-21-53-36)19-30(23)42(28)46)17-24(47)16-31-39-25(10-12-33(48-2)43(39)50-4)27-8-6-22-14-35-37(54-20-52-35)18-29(22)41(27)45-31/h6-15,18-19,31-32,45H,16-17,20-21H2,1-5H3. The van der Waals surface area contributed by atoms with Crippen LogP contribution in [-0.4, -0.2) is 54.9 Å². The van der Waals surface area contributed by atoms with Crippen LogP contribution in [0.5, 0.6) is 46.0 Å². The number of rotatable bonds is 8. The number of nitrogens with zero attached hydrogens (tertiary/aromatic N) is 1. The molecule has 0 saturated carbocycles. The summed E-state index contributed by atoms with van der Waals surface area (Å²) >= 11 is 0. The summed E-state index contributed by atoms with van der Waals surface area (Å²) in [5.74, 6) is 5.25. The van der Waals surface area contributed by atoms with Gasteiger partial charge in [-0.2, -0.15) is 0 Å². The summed E-state index contributed by atoms with van der Waals surface area (Å²) in [4.78, 5) is 17.0. The van der Waals surface area contributed by atoms with E-state index >= 15 is 0 Å². The second kappa shape index (κ2) is 12.5. The molecule has 0 bridgehead atoms. The predicted octanol–water partition coefficient (Wildman–Crippen LogP) is 8.83. The zero-order valence-electron chi connectivity index (χ0n) is 31.0. The summed E-state index contributed by atoms with van der Waals surface area (Å²) in [5.41, 5.74) is 7.65. The van der Waals surface area contributed by atoms with E-state index in [2.05, 4.69) is 40.5 Å². The molecule has 0 radical (unpaired) electrons. The van der Waals surface area contributed by atoms with Gasteiger partial charge in [-0.1, -0.05) is 24.3 Å². The van der Waals surface area contributed by atoms with Crippen LogP contribution in [0.25, 0.3) is 43.8 Å². The Kier molecular flexibility index (Phi) is 7.55. The Morgan fingerprint density at radius 2 is 1.16 bits per heavy atom. The summed E-state index contributed by atoms with van der Waals surface area (Å²) in [5, 5.41) is 7.77. The highest BCUT2D eigenvalue weighted by Gasteiger charge is 2.38. The van der Waals surface area contributed by atoms with Crippen molar-refractivity contribution in [2.24, 2.45) is 0 Å². The van der Waals surface area contributed by atoms with E-state index in [1.165, 1.54) is 0 Å². The van der Waals surface area contributed by atoms with Crippen molar-refractivity contribution in [2.75, 3.05) is 59.3 Å². The summed E-state index contributed by atoms with van der Waals surface area (Å²) in [7, 11) is 8.57. The van der Waals surface area contributed by atoms with E-state index < -0.39 is 6.04 Å². The van der Waals surface area contributed by atoms with Gasteiger partial charge in [0.1, 0.15) is 5.78 Å². The molecular formula is C44H38N2O9. The first kappa shape index (κ1) is 33.1. The Morgan fingerprint density at radius 1 is 0.636 bits per heavy atom. The van der Waals surface area contributed by atoms with E-state index in [4.69, 9.17) is 37.9 Å². The Bertz CT molecular complexity index is 2600. The first-order valence-electron chi connectivity index (χ1n) is 18.1. The van der Waals surface area contributed by atoms with Crippen LogP contribution in [0.4, 0.5) is 11.4 Å².